The lowest BCUT2D eigenvalue weighted by atomic mass is 9.97. The van der Waals surface area contributed by atoms with Gasteiger partial charge in [-0.1, -0.05) is 42.5 Å². The van der Waals surface area contributed by atoms with E-state index in [2.05, 4.69) is 31.9 Å². The van der Waals surface area contributed by atoms with Crippen LogP contribution in [-0.4, -0.2) is 148 Å². The molecule has 21 heteroatoms. The van der Waals surface area contributed by atoms with Crippen LogP contribution in [0.25, 0.3) is 10.8 Å². The van der Waals surface area contributed by atoms with Crippen molar-refractivity contribution in [2.45, 2.75) is 115 Å². The molecule has 1 aliphatic heterocycles. The van der Waals surface area contributed by atoms with Gasteiger partial charge >= 0.3 is 5.97 Å². The first-order chi connectivity index (χ1) is 29.2. The fraction of sp³-hybridized carbons (Fsp3) is 0.537. The molecule has 0 aliphatic carbocycles. The van der Waals surface area contributed by atoms with Crippen LogP contribution in [0.4, 0.5) is 0 Å². The highest BCUT2D eigenvalue weighted by Gasteiger charge is 2.39. The lowest BCUT2D eigenvalue weighted by molar-refractivity contribution is -0.148. The summed E-state index contributed by atoms with van der Waals surface area (Å²) in [5.74, 6) is -6.68. The summed E-state index contributed by atoms with van der Waals surface area (Å²) in [6, 6.07) is 4.45. The van der Waals surface area contributed by atoms with Crippen molar-refractivity contribution in [2.24, 2.45) is 11.5 Å². The predicted octanol–water partition coefficient (Wildman–Crippen LogP) is -2.24. The summed E-state index contributed by atoms with van der Waals surface area (Å²) in [5.41, 5.74) is 11.7. The summed E-state index contributed by atoms with van der Waals surface area (Å²) in [6.45, 7) is 5.15. The SMILES string of the molecule is C[C@H](NC(=O)[C@H](CCCNC(=N)N)NC(=O)[C@H](Cc1ccc2ccccc2c1)NC(=O)[C@@H]1CCCCN1C(=O)[C@H](NC(=O)CN(C)C(=O)[C@@H](C)N)[C@H](C)O)C(=O)N[C@H](C)C(=O)O. The van der Waals surface area contributed by atoms with Crippen LogP contribution in [0.3, 0.4) is 0 Å². The van der Waals surface area contributed by atoms with Crippen molar-refractivity contribution in [3.05, 3.63) is 48.0 Å². The zero-order chi connectivity index (χ0) is 46.3. The maximum Gasteiger partial charge on any atom is 0.325 e. The molecule has 340 valence electrons. The Morgan fingerprint density at radius 3 is 2.13 bits per heavy atom. The van der Waals surface area contributed by atoms with Crippen molar-refractivity contribution in [1.82, 2.24) is 41.7 Å². The summed E-state index contributed by atoms with van der Waals surface area (Å²) in [4.78, 5) is 108. The number of carbonyl (C=O) groups excluding carboxylic acids is 7. The van der Waals surface area contributed by atoms with E-state index in [1.807, 2.05) is 36.4 Å². The monoisotopic (exact) mass is 867 g/mol. The molecule has 1 heterocycles. The number of carbonyl (C=O) groups is 8. The van der Waals surface area contributed by atoms with Gasteiger partial charge < -0.3 is 63.4 Å². The molecule has 13 N–H and O–H groups in total. The van der Waals surface area contributed by atoms with Gasteiger partial charge in [0.15, 0.2) is 5.96 Å². The molecule has 2 aromatic carbocycles. The number of hydrogen-bond acceptors (Lipinski definition) is 11. The summed E-state index contributed by atoms with van der Waals surface area (Å²) in [5, 5.41) is 44.4. The van der Waals surface area contributed by atoms with E-state index < -0.39 is 102 Å². The van der Waals surface area contributed by atoms with Gasteiger partial charge in [-0.15, -0.1) is 0 Å². The molecule has 0 spiro atoms. The van der Waals surface area contributed by atoms with Crippen LogP contribution >= 0.6 is 0 Å². The van der Waals surface area contributed by atoms with Gasteiger partial charge in [0.1, 0.15) is 36.3 Å². The topological polar surface area (TPSA) is 332 Å². The quantitative estimate of drug-likeness (QED) is 0.0360. The van der Waals surface area contributed by atoms with Crippen molar-refractivity contribution < 1.29 is 48.6 Å². The number of likely N-dealkylation sites (N-methyl/N-ethyl adjacent to an activating group) is 1. The average Bonchev–Trinajstić information content (AvgIpc) is 3.22. The van der Waals surface area contributed by atoms with Crippen molar-refractivity contribution in [2.75, 3.05) is 26.7 Å². The Labute approximate surface area is 359 Å². The number of aliphatic hydroxyl groups is 1. The van der Waals surface area contributed by atoms with Crippen molar-refractivity contribution >= 4 is 64.1 Å². The minimum absolute atomic E-state index is 0.0130. The highest BCUT2D eigenvalue weighted by Crippen LogP contribution is 2.21. The van der Waals surface area contributed by atoms with Crippen molar-refractivity contribution in [3.8, 4) is 0 Å². The zero-order valence-electron chi connectivity index (χ0n) is 35.7. The van der Waals surface area contributed by atoms with Gasteiger partial charge in [0.25, 0.3) is 0 Å². The molecule has 1 aliphatic rings. The molecular formula is C41H61N11O10. The van der Waals surface area contributed by atoms with Gasteiger partial charge in [-0.25, -0.2) is 0 Å². The minimum atomic E-state index is -1.49. The van der Waals surface area contributed by atoms with Crippen LogP contribution in [0.5, 0.6) is 0 Å². The molecule has 0 saturated carbocycles. The molecule has 0 unspecified atom stereocenters. The van der Waals surface area contributed by atoms with E-state index in [1.165, 1.54) is 39.6 Å². The largest absolute Gasteiger partial charge is 0.480 e. The number of carboxylic acids is 1. The number of fused-ring (bicyclic) bond motifs is 1. The highest BCUT2D eigenvalue weighted by atomic mass is 16.4. The number of piperidine rings is 1. The van der Waals surface area contributed by atoms with Gasteiger partial charge in [-0.3, -0.25) is 43.8 Å². The normalized spacial score (nSPS) is 17.1. The first-order valence-electron chi connectivity index (χ1n) is 20.5. The first-order valence-corrected chi connectivity index (χ1v) is 20.5. The maximum absolute atomic E-state index is 14.3. The molecule has 0 aromatic heterocycles. The predicted molar refractivity (Wildman–Crippen MR) is 228 cm³/mol. The number of guanidine groups is 1. The van der Waals surface area contributed by atoms with Gasteiger partial charge in [0.2, 0.25) is 41.4 Å². The van der Waals surface area contributed by atoms with E-state index >= 15 is 0 Å². The van der Waals surface area contributed by atoms with E-state index in [9.17, 15) is 48.6 Å². The van der Waals surface area contributed by atoms with Gasteiger partial charge in [-0.05, 0) is 76.1 Å². The summed E-state index contributed by atoms with van der Waals surface area (Å²) in [7, 11) is 1.37. The maximum atomic E-state index is 14.3. The number of benzene rings is 2. The van der Waals surface area contributed by atoms with E-state index in [0.717, 1.165) is 15.7 Å². The van der Waals surface area contributed by atoms with Gasteiger partial charge in [0.05, 0.1) is 18.7 Å². The third-order valence-corrected chi connectivity index (χ3v) is 10.3. The number of rotatable bonds is 21. The standard InChI is InChI=1S/C41H61N11O10/c1-22(42)38(59)51(5)21-32(54)50-33(25(4)53)39(60)52-18-9-8-14-31(52)37(58)49-30(20-26-15-16-27-11-6-7-12-28(27)19-26)36(57)48-29(13-10-17-45-41(43)44)35(56)46-23(2)34(55)47-24(3)40(61)62/h6-7,11-12,15-16,19,22-25,29-31,33,53H,8-10,13-14,17-18,20-21,42H2,1-5H3,(H,46,56)(H,47,55)(H,48,57)(H,49,58)(H,50,54)(H,61,62)(H4,43,44,45)/t22-,23+,24-,25+,29+,30+,31+,33-/m1/s1. The molecule has 3 rings (SSSR count). The Morgan fingerprint density at radius 1 is 0.855 bits per heavy atom. The molecule has 7 amide bonds. The molecule has 2 aromatic rings. The Balaban J connectivity index is 1.92. The zero-order valence-corrected chi connectivity index (χ0v) is 35.7. The van der Waals surface area contributed by atoms with Crippen LogP contribution in [0.15, 0.2) is 42.5 Å². The second kappa shape index (κ2) is 23.6. The molecular weight excluding hydrogens is 807 g/mol. The second-order valence-corrected chi connectivity index (χ2v) is 15.6. The second-order valence-electron chi connectivity index (χ2n) is 15.6. The number of likely N-dealkylation sites (tertiary alicyclic amines) is 1. The van der Waals surface area contributed by atoms with E-state index in [0.29, 0.717) is 18.4 Å². The first kappa shape index (κ1) is 50.0. The lowest BCUT2D eigenvalue weighted by Gasteiger charge is -2.38. The Hall–Kier alpha value is -6.35. The van der Waals surface area contributed by atoms with E-state index in [-0.39, 0.29) is 44.7 Å². The smallest absolute Gasteiger partial charge is 0.325 e. The average molecular weight is 868 g/mol. The molecule has 62 heavy (non-hydrogen) atoms. The number of aliphatic hydroxyl groups excluding tert-OH is 1. The van der Waals surface area contributed by atoms with E-state index in [1.54, 1.807) is 6.07 Å². The van der Waals surface area contributed by atoms with Gasteiger partial charge in [0, 0.05) is 26.6 Å². The lowest BCUT2D eigenvalue weighted by Crippen LogP contribution is -2.62. The number of nitrogens with one attached hydrogen (secondary N) is 7. The van der Waals surface area contributed by atoms with Crippen LogP contribution in [-0.2, 0) is 44.8 Å². The highest BCUT2D eigenvalue weighted by molar-refractivity contribution is 5.97. The molecule has 21 nitrogen and oxygen atoms in total. The molecule has 1 saturated heterocycles. The third-order valence-electron chi connectivity index (χ3n) is 10.3. The Kier molecular flexibility index (Phi) is 19.0. The Bertz CT molecular complexity index is 1960. The van der Waals surface area contributed by atoms with Crippen molar-refractivity contribution in [3.63, 3.8) is 0 Å². The molecule has 8 atom stereocenters. The minimum Gasteiger partial charge on any atom is -0.480 e. The number of nitrogens with zero attached hydrogens (tertiary/aromatic N) is 2. The molecule has 0 radical (unpaired) electrons. The third kappa shape index (κ3) is 15.0. The van der Waals surface area contributed by atoms with E-state index in [4.69, 9.17) is 16.9 Å². The Morgan fingerprint density at radius 2 is 1.50 bits per heavy atom. The summed E-state index contributed by atoms with van der Waals surface area (Å²) >= 11 is 0. The number of aliphatic carboxylic acids is 1. The number of nitrogens with two attached hydrogens (primary N) is 2. The number of carboxylic acid groups (broad SMARTS) is 1. The molecule has 1 fully saturated rings. The molecule has 0 bridgehead atoms. The fourth-order valence-electron chi connectivity index (χ4n) is 6.82. The van der Waals surface area contributed by atoms with Crippen LogP contribution in [0.2, 0.25) is 0 Å². The van der Waals surface area contributed by atoms with Crippen LogP contribution in [0, 0.1) is 5.41 Å². The van der Waals surface area contributed by atoms with Crippen molar-refractivity contribution in [1.29, 1.82) is 5.41 Å². The number of hydrogen-bond donors (Lipinski definition) is 11. The summed E-state index contributed by atoms with van der Waals surface area (Å²) < 4.78 is 0. The van der Waals surface area contributed by atoms with Crippen LogP contribution in [0.1, 0.15) is 65.4 Å². The van der Waals surface area contributed by atoms with Gasteiger partial charge in [-0.2, -0.15) is 0 Å². The number of amides is 7. The van der Waals surface area contributed by atoms with Crippen LogP contribution < -0.4 is 43.4 Å². The fourth-order valence-corrected chi connectivity index (χ4v) is 6.82. The summed E-state index contributed by atoms with van der Waals surface area (Å²) in [6.07, 6.45) is -0.0364.